The molecule has 0 N–H and O–H groups in total. The second-order valence-corrected chi connectivity index (χ2v) is 6.04. The maximum Gasteiger partial charge on any atom is 0.261 e. The van der Waals surface area contributed by atoms with Gasteiger partial charge in [-0.15, -0.1) is 0 Å². The Morgan fingerprint density at radius 1 is 0.824 bits per heavy atom. The maximum atomic E-state index is 12.7. The topological polar surface area (TPSA) is 34.1 Å². The molecule has 0 heterocycles. The van der Waals surface area contributed by atoms with Crippen LogP contribution >= 0.6 is 10.7 Å². The molecule has 0 atom stereocenters. The molecule has 2 rings (SSSR count). The minimum atomic E-state index is -3.70. The summed E-state index contributed by atoms with van der Waals surface area (Å²) in [7, 11) is 1.50. The molecule has 0 aliphatic rings. The smallest absolute Gasteiger partial charge is 0.207 e. The van der Waals surface area contributed by atoms with Gasteiger partial charge in [0.1, 0.15) is 5.82 Å². The Balaban J connectivity index is 2.39. The molecule has 5 heteroatoms. The molecular weight excluding hydrogens is 263 g/mol. The molecule has 88 valence electrons. The van der Waals surface area contributed by atoms with Gasteiger partial charge in [-0.2, -0.15) is 0 Å². The normalized spacial score (nSPS) is 11.4. The molecule has 2 aromatic carbocycles. The van der Waals surface area contributed by atoms with Crippen molar-refractivity contribution in [1.29, 1.82) is 0 Å². The second kappa shape index (κ2) is 4.47. The van der Waals surface area contributed by atoms with Gasteiger partial charge in [-0.3, -0.25) is 0 Å². The van der Waals surface area contributed by atoms with Crippen molar-refractivity contribution in [3.05, 3.63) is 54.3 Å². The summed E-state index contributed by atoms with van der Waals surface area (Å²) in [6, 6.07) is 12.0. The lowest BCUT2D eigenvalue weighted by molar-refractivity contribution is 0.609. The van der Waals surface area contributed by atoms with E-state index in [4.69, 9.17) is 10.7 Å². The Morgan fingerprint density at radius 2 is 1.24 bits per heavy atom. The predicted molar refractivity (Wildman–Crippen MR) is 64.9 cm³/mol. The summed E-state index contributed by atoms with van der Waals surface area (Å²) in [5.41, 5.74) is 1.61. The molecule has 0 aromatic heterocycles. The SMILES string of the molecule is O=S(=O)(Cl)c1ccc(-c2ccc(F)cc2)cc1. The third-order valence-electron chi connectivity index (χ3n) is 2.31. The van der Waals surface area contributed by atoms with Gasteiger partial charge in [0.15, 0.2) is 0 Å². The van der Waals surface area contributed by atoms with Crippen molar-refractivity contribution in [1.82, 2.24) is 0 Å². The van der Waals surface area contributed by atoms with Crippen LogP contribution in [0.4, 0.5) is 4.39 Å². The van der Waals surface area contributed by atoms with Crippen molar-refractivity contribution < 1.29 is 12.8 Å². The predicted octanol–water partition coefficient (Wildman–Crippen LogP) is 3.42. The molecule has 0 bridgehead atoms. The molecular formula is C12H8ClFO2S. The van der Waals surface area contributed by atoms with Crippen molar-refractivity contribution in [2.24, 2.45) is 0 Å². The van der Waals surface area contributed by atoms with Crippen molar-refractivity contribution >= 4 is 19.7 Å². The summed E-state index contributed by atoms with van der Waals surface area (Å²) < 4.78 is 34.8. The van der Waals surface area contributed by atoms with Crippen LogP contribution in [0.2, 0.25) is 0 Å². The van der Waals surface area contributed by atoms with E-state index in [2.05, 4.69) is 0 Å². The lowest BCUT2D eigenvalue weighted by Crippen LogP contribution is -1.89. The quantitative estimate of drug-likeness (QED) is 0.784. The minimum Gasteiger partial charge on any atom is -0.207 e. The number of hydrogen-bond donors (Lipinski definition) is 0. The van der Waals surface area contributed by atoms with Gasteiger partial charge in [0.2, 0.25) is 0 Å². The number of halogens is 2. The van der Waals surface area contributed by atoms with E-state index in [-0.39, 0.29) is 10.7 Å². The molecule has 2 aromatic rings. The summed E-state index contributed by atoms with van der Waals surface area (Å²) in [4.78, 5) is 0.0463. The van der Waals surface area contributed by atoms with Gasteiger partial charge < -0.3 is 0 Å². The van der Waals surface area contributed by atoms with Gasteiger partial charge in [0, 0.05) is 10.7 Å². The highest BCUT2D eigenvalue weighted by Crippen LogP contribution is 2.22. The zero-order chi connectivity index (χ0) is 12.5. The van der Waals surface area contributed by atoms with E-state index in [0.717, 1.165) is 11.1 Å². The zero-order valence-electron chi connectivity index (χ0n) is 8.60. The van der Waals surface area contributed by atoms with E-state index in [0.29, 0.717) is 0 Å². The Hall–Kier alpha value is -1.39. The van der Waals surface area contributed by atoms with Crippen LogP contribution in [0.5, 0.6) is 0 Å². The van der Waals surface area contributed by atoms with Crippen molar-refractivity contribution in [2.45, 2.75) is 4.90 Å². The fourth-order valence-corrected chi connectivity index (χ4v) is 2.22. The van der Waals surface area contributed by atoms with Gasteiger partial charge >= 0.3 is 0 Å². The fraction of sp³-hybridized carbons (Fsp3) is 0. The highest BCUT2D eigenvalue weighted by Gasteiger charge is 2.09. The first-order valence-corrected chi connectivity index (χ1v) is 7.08. The first-order chi connectivity index (χ1) is 7.97. The third-order valence-corrected chi connectivity index (χ3v) is 3.68. The van der Waals surface area contributed by atoms with Crippen LogP contribution in [0.1, 0.15) is 0 Å². The Labute approximate surface area is 103 Å². The van der Waals surface area contributed by atoms with Crippen LogP contribution < -0.4 is 0 Å². The van der Waals surface area contributed by atoms with Crippen LogP contribution in [-0.2, 0) is 9.05 Å². The number of benzene rings is 2. The summed E-state index contributed by atoms with van der Waals surface area (Å²) in [5, 5.41) is 0. The van der Waals surface area contributed by atoms with Gasteiger partial charge in [-0.1, -0.05) is 24.3 Å². The summed E-state index contributed by atoms with van der Waals surface area (Å²) in [6.07, 6.45) is 0. The Morgan fingerprint density at radius 3 is 1.65 bits per heavy atom. The largest absolute Gasteiger partial charge is 0.261 e. The lowest BCUT2D eigenvalue weighted by Gasteiger charge is -2.02. The second-order valence-electron chi connectivity index (χ2n) is 3.47. The lowest BCUT2D eigenvalue weighted by atomic mass is 10.1. The van der Waals surface area contributed by atoms with Gasteiger partial charge in [0.05, 0.1) is 4.90 Å². The average molecular weight is 271 g/mol. The van der Waals surface area contributed by atoms with Crippen LogP contribution in [-0.4, -0.2) is 8.42 Å². The molecule has 0 amide bonds. The first-order valence-electron chi connectivity index (χ1n) is 4.77. The van der Waals surface area contributed by atoms with Crippen molar-refractivity contribution in [3.63, 3.8) is 0 Å². The standard InChI is InChI=1S/C12H8ClFO2S/c13-17(15,16)12-7-3-10(4-8-12)9-1-5-11(14)6-2-9/h1-8H. The molecule has 0 saturated carbocycles. The Kier molecular flexibility index (Phi) is 3.17. The molecule has 0 unspecified atom stereocenters. The van der Waals surface area contributed by atoms with Gasteiger partial charge in [-0.05, 0) is 35.4 Å². The number of rotatable bonds is 2. The highest BCUT2D eigenvalue weighted by molar-refractivity contribution is 8.13. The van der Waals surface area contributed by atoms with E-state index in [9.17, 15) is 12.8 Å². The molecule has 0 aliphatic heterocycles. The van der Waals surface area contributed by atoms with E-state index in [1.807, 2.05) is 0 Å². The van der Waals surface area contributed by atoms with Gasteiger partial charge in [0.25, 0.3) is 9.05 Å². The molecule has 0 radical (unpaired) electrons. The monoisotopic (exact) mass is 270 g/mol. The molecule has 2 nitrogen and oxygen atoms in total. The van der Waals surface area contributed by atoms with Gasteiger partial charge in [-0.25, -0.2) is 12.8 Å². The van der Waals surface area contributed by atoms with E-state index < -0.39 is 9.05 Å². The van der Waals surface area contributed by atoms with Crippen LogP contribution in [0.25, 0.3) is 11.1 Å². The van der Waals surface area contributed by atoms with Crippen molar-refractivity contribution in [2.75, 3.05) is 0 Å². The van der Waals surface area contributed by atoms with Crippen LogP contribution in [0, 0.1) is 5.82 Å². The van der Waals surface area contributed by atoms with Crippen molar-refractivity contribution in [3.8, 4) is 11.1 Å². The molecule has 17 heavy (non-hydrogen) atoms. The summed E-state index contributed by atoms with van der Waals surface area (Å²) in [6.45, 7) is 0. The zero-order valence-corrected chi connectivity index (χ0v) is 10.2. The third kappa shape index (κ3) is 2.84. The highest BCUT2D eigenvalue weighted by atomic mass is 35.7. The average Bonchev–Trinajstić information content (AvgIpc) is 2.29. The maximum absolute atomic E-state index is 12.7. The van der Waals surface area contributed by atoms with Crippen LogP contribution in [0.15, 0.2) is 53.4 Å². The van der Waals surface area contributed by atoms with E-state index in [1.54, 1.807) is 24.3 Å². The fourth-order valence-electron chi connectivity index (χ4n) is 1.45. The molecule has 0 aliphatic carbocycles. The van der Waals surface area contributed by atoms with E-state index >= 15 is 0 Å². The minimum absolute atomic E-state index is 0.0463. The van der Waals surface area contributed by atoms with Crippen LogP contribution in [0.3, 0.4) is 0 Å². The number of hydrogen-bond acceptors (Lipinski definition) is 2. The Bertz CT molecular complexity index is 619. The summed E-state index contributed by atoms with van der Waals surface area (Å²) in [5.74, 6) is -0.311. The molecule has 0 spiro atoms. The summed E-state index contributed by atoms with van der Waals surface area (Å²) >= 11 is 0. The first kappa shape index (κ1) is 12.1. The molecule has 0 saturated heterocycles. The van der Waals surface area contributed by atoms with E-state index in [1.165, 1.54) is 24.3 Å². The molecule has 0 fully saturated rings.